The van der Waals surface area contributed by atoms with Crippen molar-refractivity contribution in [3.63, 3.8) is 0 Å². The third-order valence-electron chi connectivity index (χ3n) is 2.70. The van der Waals surface area contributed by atoms with Crippen molar-refractivity contribution in [2.45, 2.75) is 4.90 Å². The summed E-state index contributed by atoms with van der Waals surface area (Å²) < 4.78 is 23.1. The Morgan fingerprint density at radius 1 is 1.19 bits per heavy atom. The third-order valence-corrected chi connectivity index (χ3v) is 3.86. The van der Waals surface area contributed by atoms with Gasteiger partial charge in [-0.3, -0.25) is 5.43 Å². The second-order valence-electron chi connectivity index (χ2n) is 4.38. The second kappa shape index (κ2) is 6.20. The predicted octanol–water partition coefficient (Wildman–Crippen LogP) is 2.41. The highest BCUT2D eigenvalue weighted by Gasteiger charge is 2.13. The summed E-state index contributed by atoms with van der Waals surface area (Å²) in [6.45, 7) is 0. The average Bonchev–Trinajstić information content (AvgIpc) is 2.47. The Balaban J connectivity index is 2.21. The first-order chi connectivity index (χ1) is 10.0. The van der Waals surface area contributed by atoms with Gasteiger partial charge in [-0.1, -0.05) is 24.3 Å². The summed E-state index contributed by atoms with van der Waals surface area (Å²) in [7, 11) is -3.41. The van der Waals surface area contributed by atoms with Gasteiger partial charge in [-0.2, -0.15) is 10.4 Å². The van der Waals surface area contributed by atoms with Crippen LogP contribution in [0.5, 0.6) is 0 Å². The molecule has 0 spiro atoms. The summed E-state index contributed by atoms with van der Waals surface area (Å²) in [4.78, 5) is 0.0261. The summed E-state index contributed by atoms with van der Waals surface area (Å²) in [5.74, 6) is 0. The standard InChI is InChI=1S/C15H13N3O2S/c1-21(19,20)15-8-7-12(9-13(15)10-16)11-17-18-14-5-3-2-4-6-14/h2-9,11,18H,1H3. The zero-order valence-corrected chi connectivity index (χ0v) is 12.1. The first kappa shape index (κ1) is 14.8. The molecule has 2 aromatic rings. The summed E-state index contributed by atoms with van der Waals surface area (Å²) in [5.41, 5.74) is 4.43. The van der Waals surface area contributed by atoms with Crippen molar-refractivity contribution in [2.24, 2.45) is 5.10 Å². The minimum absolute atomic E-state index is 0.0261. The number of nitriles is 1. The van der Waals surface area contributed by atoms with E-state index in [1.807, 2.05) is 36.4 Å². The van der Waals surface area contributed by atoms with E-state index in [9.17, 15) is 8.42 Å². The van der Waals surface area contributed by atoms with Crippen molar-refractivity contribution in [1.82, 2.24) is 0 Å². The largest absolute Gasteiger partial charge is 0.279 e. The third kappa shape index (κ3) is 3.91. The van der Waals surface area contributed by atoms with Gasteiger partial charge in [0.25, 0.3) is 0 Å². The van der Waals surface area contributed by atoms with Crippen LogP contribution in [0.15, 0.2) is 58.5 Å². The molecule has 106 valence electrons. The minimum Gasteiger partial charge on any atom is -0.279 e. The van der Waals surface area contributed by atoms with E-state index < -0.39 is 9.84 Å². The van der Waals surface area contributed by atoms with Crippen LogP contribution < -0.4 is 5.43 Å². The van der Waals surface area contributed by atoms with Gasteiger partial charge in [-0.05, 0) is 29.8 Å². The Hall–Kier alpha value is -2.65. The topological polar surface area (TPSA) is 82.3 Å². The van der Waals surface area contributed by atoms with Gasteiger partial charge >= 0.3 is 0 Å². The summed E-state index contributed by atoms with van der Waals surface area (Å²) in [5, 5.41) is 13.1. The molecule has 21 heavy (non-hydrogen) atoms. The molecule has 0 aromatic heterocycles. The maximum absolute atomic E-state index is 11.5. The zero-order chi connectivity index (χ0) is 15.3. The number of hydrogen-bond acceptors (Lipinski definition) is 5. The lowest BCUT2D eigenvalue weighted by Gasteiger charge is -2.02. The van der Waals surface area contributed by atoms with Crippen LogP contribution in [-0.2, 0) is 9.84 Å². The molecular formula is C15H13N3O2S. The molecule has 5 nitrogen and oxygen atoms in total. The second-order valence-corrected chi connectivity index (χ2v) is 6.36. The van der Waals surface area contributed by atoms with Crippen molar-refractivity contribution < 1.29 is 8.42 Å². The van der Waals surface area contributed by atoms with Crippen molar-refractivity contribution >= 4 is 21.7 Å². The highest BCUT2D eigenvalue weighted by atomic mass is 32.2. The first-order valence-corrected chi connectivity index (χ1v) is 7.98. The number of para-hydroxylation sites is 1. The average molecular weight is 299 g/mol. The van der Waals surface area contributed by atoms with E-state index in [-0.39, 0.29) is 10.5 Å². The van der Waals surface area contributed by atoms with E-state index in [1.165, 1.54) is 18.3 Å². The fraction of sp³-hybridized carbons (Fsp3) is 0.0667. The number of nitrogens with one attached hydrogen (secondary N) is 1. The van der Waals surface area contributed by atoms with Gasteiger partial charge in [0.1, 0.15) is 6.07 Å². The van der Waals surface area contributed by atoms with Crippen molar-refractivity contribution in [3.8, 4) is 6.07 Å². The molecule has 2 aromatic carbocycles. The minimum atomic E-state index is -3.41. The molecule has 0 fully saturated rings. The molecule has 0 saturated carbocycles. The molecule has 0 saturated heterocycles. The highest BCUT2D eigenvalue weighted by Crippen LogP contribution is 2.16. The molecule has 0 atom stereocenters. The van der Waals surface area contributed by atoms with E-state index in [4.69, 9.17) is 5.26 Å². The van der Waals surface area contributed by atoms with E-state index in [1.54, 1.807) is 6.07 Å². The molecule has 6 heteroatoms. The summed E-state index contributed by atoms with van der Waals surface area (Å²) >= 11 is 0. The molecule has 0 amide bonds. The van der Waals surface area contributed by atoms with Gasteiger partial charge < -0.3 is 0 Å². The van der Waals surface area contributed by atoms with E-state index in [0.29, 0.717) is 5.56 Å². The zero-order valence-electron chi connectivity index (χ0n) is 11.3. The molecule has 0 heterocycles. The van der Waals surface area contributed by atoms with E-state index >= 15 is 0 Å². The Morgan fingerprint density at radius 2 is 1.90 bits per heavy atom. The Morgan fingerprint density at radius 3 is 2.52 bits per heavy atom. The van der Waals surface area contributed by atoms with Gasteiger partial charge in [-0.25, -0.2) is 8.42 Å². The van der Waals surface area contributed by atoms with Crippen molar-refractivity contribution in [1.29, 1.82) is 5.26 Å². The monoisotopic (exact) mass is 299 g/mol. The lowest BCUT2D eigenvalue weighted by Crippen LogP contribution is -2.01. The number of rotatable bonds is 4. The van der Waals surface area contributed by atoms with Crippen LogP contribution in [0.1, 0.15) is 11.1 Å². The van der Waals surface area contributed by atoms with Crippen LogP contribution in [0.2, 0.25) is 0 Å². The highest BCUT2D eigenvalue weighted by molar-refractivity contribution is 7.90. The number of hydrogen-bond donors (Lipinski definition) is 1. The Labute approximate surface area is 123 Å². The normalized spacial score (nSPS) is 11.2. The van der Waals surface area contributed by atoms with Crippen molar-refractivity contribution in [3.05, 3.63) is 59.7 Å². The van der Waals surface area contributed by atoms with Crippen LogP contribution >= 0.6 is 0 Å². The Kier molecular flexibility index (Phi) is 4.36. The smallest absolute Gasteiger partial charge is 0.176 e. The maximum atomic E-state index is 11.5. The predicted molar refractivity (Wildman–Crippen MR) is 81.9 cm³/mol. The number of anilines is 1. The van der Waals surface area contributed by atoms with Crippen LogP contribution in [0, 0.1) is 11.3 Å². The quantitative estimate of drug-likeness (QED) is 0.694. The van der Waals surface area contributed by atoms with Crippen LogP contribution in [0.3, 0.4) is 0 Å². The molecule has 0 aliphatic rings. The molecule has 0 aliphatic carbocycles. The SMILES string of the molecule is CS(=O)(=O)c1ccc(C=NNc2ccccc2)cc1C#N. The van der Waals surface area contributed by atoms with E-state index in [0.717, 1.165) is 11.9 Å². The van der Waals surface area contributed by atoms with Crippen LogP contribution in [-0.4, -0.2) is 20.9 Å². The van der Waals surface area contributed by atoms with E-state index in [2.05, 4.69) is 10.5 Å². The number of benzene rings is 2. The van der Waals surface area contributed by atoms with Gasteiger partial charge in [0.2, 0.25) is 0 Å². The lowest BCUT2D eigenvalue weighted by molar-refractivity contribution is 0.601. The fourth-order valence-electron chi connectivity index (χ4n) is 1.73. The lowest BCUT2D eigenvalue weighted by atomic mass is 10.1. The molecule has 0 aliphatic heterocycles. The molecular weight excluding hydrogens is 286 g/mol. The van der Waals surface area contributed by atoms with Crippen LogP contribution in [0.25, 0.3) is 0 Å². The molecule has 0 bridgehead atoms. The molecule has 2 rings (SSSR count). The number of sulfone groups is 1. The van der Waals surface area contributed by atoms with Gasteiger partial charge in [0, 0.05) is 6.26 Å². The molecule has 1 N–H and O–H groups in total. The number of nitrogens with zero attached hydrogens (tertiary/aromatic N) is 2. The van der Waals surface area contributed by atoms with Crippen LogP contribution in [0.4, 0.5) is 5.69 Å². The fourth-order valence-corrected chi connectivity index (χ4v) is 2.55. The van der Waals surface area contributed by atoms with Crippen molar-refractivity contribution in [2.75, 3.05) is 11.7 Å². The Bertz CT molecular complexity index is 807. The van der Waals surface area contributed by atoms with Gasteiger partial charge in [0.05, 0.1) is 22.4 Å². The summed E-state index contributed by atoms with van der Waals surface area (Å²) in [6, 6.07) is 15.8. The van der Waals surface area contributed by atoms with Gasteiger partial charge in [-0.15, -0.1) is 0 Å². The molecule has 0 radical (unpaired) electrons. The maximum Gasteiger partial charge on any atom is 0.176 e. The first-order valence-electron chi connectivity index (χ1n) is 6.09. The summed E-state index contributed by atoms with van der Waals surface area (Å²) in [6.07, 6.45) is 2.60. The molecule has 0 unspecified atom stereocenters. The van der Waals surface area contributed by atoms with Gasteiger partial charge in [0.15, 0.2) is 9.84 Å². The number of hydrazone groups is 1.